The second-order valence-electron chi connectivity index (χ2n) is 6.75. The van der Waals surface area contributed by atoms with Gasteiger partial charge in [-0.2, -0.15) is 4.31 Å². The fourth-order valence-electron chi connectivity index (χ4n) is 4.00. The van der Waals surface area contributed by atoms with Crippen LogP contribution in [0.2, 0.25) is 0 Å². The average molecular weight is 343 g/mol. The van der Waals surface area contributed by atoms with Gasteiger partial charge in [0.15, 0.2) is 0 Å². The highest BCUT2D eigenvalue weighted by atomic mass is 32.2. The van der Waals surface area contributed by atoms with Crippen molar-refractivity contribution < 1.29 is 8.42 Å². The fraction of sp³-hybridized carbons (Fsp3) is 0.750. The zero-order valence-corrected chi connectivity index (χ0v) is 15.3. The number of thiophene rings is 1. The van der Waals surface area contributed by atoms with Gasteiger partial charge in [0.1, 0.15) is 4.21 Å². The minimum atomic E-state index is -3.31. The van der Waals surface area contributed by atoms with E-state index < -0.39 is 10.0 Å². The van der Waals surface area contributed by atoms with E-state index in [4.69, 9.17) is 0 Å². The normalized spacial score (nSPS) is 31.7. The molecule has 3 atom stereocenters. The Kier molecular flexibility index (Phi) is 4.65. The summed E-state index contributed by atoms with van der Waals surface area (Å²) in [6.45, 7) is 7.82. The number of aryl methyl sites for hydroxylation is 1. The van der Waals surface area contributed by atoms with Crippen LogP contribution in [0.15, 0.2) is 16.3 Å². The highest BCUT2D eigenvalue weighted by Crippen LogP contribution is 2.32. The van der Waals surface area contributed by atoms with Gasteiger partial charge in [0.25, 0.3) is 10.0 Å². The molecule has 0 amide bonds. The molecule has 0 aliphatic carbocycles. The third kappa shape index (κ3) is 2.98. The quantitative estimate of drug-likeness (QED) is 0.847. The van der Waals surface area contributed by atoms with E-state index in [1.807, 2.05) is 13.0 Å². The van der Waals surface area contributed by atoms with Crippen LogP contribution in [0, 0.1) is 6.92 Å². The molecule has 1 aromatic heterocycles. The van der Waals surface area contributed by atoms with Crippen molar-refractivity contribution in [2.75, 3.05) is 13.1 Å². The molecule has 0 radical (unpaired) electrons. The molecule has 2 saturated heterocycles. The molecule has 124 valence electrons. The highest BCUT2D eigenvalue weighted by molar-refractivity contribution is 7.91. The summed E-state index contributed by atoms with van der Waals surface area (Å²) in [7, 11) is -3.31. The maximum Gasteiger partial charge on any atom is 0.252 e. The van der Waals surface area contributed by atoms with Crippen LogP contribution in [0.25, 0.3) is 0 Å². The summed E-state index contributed by atoms with van der Waals surface area (Å²) < 4.78 is 27.9. The van der Waals surface area contributed by atoms with Crippen LogP contribution < -0.4 is 0 Å². The number of piperidine rings is 1. The third-order valence-corrected chi connectivity index (χ3v) is 8.44. The molecule has 2 aliphatic heterocycles. The summed E-state index contributed by atoms with van der Waals surface area (Å²) in [5.74, 6) is 0. The molecule has 0 spiro atoms. The lowest BCUT2D eigenvalue weighted by atomic mass is 10.0. The van der Waals surface area contributed by atoms with Crippen LogP contribution in [-0.4, -0.2) is 48.8 Å². The highest BCUT2D eigenvalue weighted by Gasteiger charge is 2.38. The Morgan fingerprint density at radius 1 is 1.14 bits per heavy atom. The SMILES string of the molecule is Cc1ccc(S(=O)(=O)N2CCC[C@H](N3[C@H](C)CC[C@@H]3C)C2)s1. The largest absolute Gasteiger partial charge is 0.294 e. The second-order valence-corrected chi connectivity index (χ2v) is 10.2. The predicted molar refractivity (Wildman–Crippen MR) is 90.8 cm³/mol. The van der Waals surface area contributed by atoms with E-state index in [9.17, 15) is 8.42 Å². The molecular weight excluding hydrogens is 316 g/mol. The summed E-state index contributed by atoms with van der Waals surface area (Å²) >= 11 is 1.38. The van der Waals surface area contributed by atoms with E-state index in [0.717, 1.165) is 17.7 Å². The van der Waals surface area contributed by atoms with Crippen molar-refractivity contribution in [2.45, 2.75) is 68.8 Å². The third-order valence-electron chi connectivity index (χ3n) is 5.11. The number of nitrogens with zero attached hydrogens (tertiary/aromatic N) is 2. The van der Waals surface area contributed by atoms with E-state index in [0.29, 0.717) is 35.4 Å². The molecule has 6 heteroatoms. The van der Waals surface area contributed by atoms with Crippen molar-refractivity contribution in [2.24, 2.45) is 0 Å². The molecule has 0 unspecified atom stereocenters. The van der Waals surface area contributed by atoms with E-state index >= 15 is 0 Å². The molecule has 0 N–H and O–H groups in total. The monoisotopic (exact) mass is 342 g/mol. The Morgan fingerprint density at radius 3 is 2.41 bits per heavy atom. The number of hydrogen-bond donors (Lipinski definition) is 0. The van der Waals surface area contributed by atoms with Gasteiger partial charge >= 0.3 is 0 Å². The van der Waals surface area contributed by atoms with Gasteiger partial charge in [-0.1, -0.05) is 0 Å². The summed E-state index contributed by atoms with van der Waals surface area (Å²) in [6.07, 6.45) is 4.54. The lowest BCUT2D eigenvalue weighted by molar-refractivity contribution is 0.0980. The minimum absolute atomic E-state index is 0.372. The summed E-state index contributed by atoms with van der Waals surface area (Å²) in [4.78, 5) is 3.61. The van der Waals surface area contributed by atoms with Crippen molar-refractivity contribution >= 4 is 21.4 Å². The zero-order valence-electron chi connectivity index (χ0n) is 13.7. The van der Waals surface area contributed by atoms with Crippen LogP contribution in [0.5, 0.6) is 0 Å². The molecule has 0 aromatic carbocycles. The molecule has 2 fully saturated rings. The molecule has 0 saturated carbocycles. The van der Waals surface area contributed by atoms with Gasteiger partial charge in [0, 0.05) is 36.1 Å². The Balaban J connectivity index is 1.78. The fourth-order valence-corrected chi connectivity index (χ4v) is 6.95. The van der Waals surface area contributed by atoms with E-state index in [-0.39, 0.29) is 0 Å². The number of likely N-dealkylation sites (tertiary alicyclic amines) is 1. The van der Waals surface area contributed by atoms with Gasteiger partial charge in [0.05, 0.1) is 0 Å². The van der Waals surface area contributed by atoms with Crippen molar-refractivity contribution in [3.05, 3.63) is 17.0 Å². The van der Waals surface area contributed by atoms with Crippen molar-refractivity contribution in [3.8, 4) is 0 Å². The molecule has 0 bridgehead atoms. The molecule has 2 aliphatic rings. The van der Waals surface area contributed by atoms with E-state index in [1.165, 1.54) is 24.2 Å². The van der Waals surface area contributed by atoms with Crippen molar-refractivity contribution in [1.29, 1.82) is 0 Å². The maximum atomic E-state index is 12.8. The maximum absolute atomic E-state index is 12.8. The molecular formula is C16H26N2O2S2. The number of hydrogen-bond acceptors (Lipinski definition) is 4. The van der Waals surface area contributed by atoms with Crippen LogP contribution in [0.4, 0.5) is 0 Å². The van der Waals surface area contributed by atoms with Gasteiger partial charge in [0.2, 0.25) is 0 Å². The van der Waals surface area contributed by atoms with Crippen molar-refractivity contribution in [1.82, 2.24) is 9.21 Å². The lowest BCUT2D eigenvalue weighted by Crippen LogP contribution is -2.52. The van der Waals surface area contributed by atoms with Crippen molar-refractivity contribution in [3.63, 3.8) is 0 Å². The standard InChI is InChI=1S/C16H26N2O2S2/c1-12-6-7-13(2)18(12)15-5-4-10-17(11-15)22(19,20)16-9-8-14(3)21-16/h8-9,12-13,15H,4-7,10-11H2,1-3H3/t12-,13+,15-/m0/s1. The first-order valence-electron chi connectivity index (χ1n) is 8.23. The molecule has 1 aromatic rings. The van der Waals surface area contributed by atoms with Crippen LogP contribution in [-0.2, 0) is 10.0 Å². The second kappa shape index (κ2) is 6.23. The first-order chi connectivity index (χ1) is 10.4. The Morgan fingerprint density at radius 2 is 1.82 bits per heavy atom. The lowest BCUT2D eigenvalue weighted by Gasteiger charge is -2.40. The van der Waals surface area contributed by atoms with Gasteiger partial charge in [-0.25, -0.2) is 8.42 Å². The summed E-state index contributed by atoms with van der Waals surface area (Å²) in [5, 5.41) is 0. The van der Waals surface area contributed by atoms with Crippen LogP contribution >= 0.6 is 11.3 Å². The van der Waals surface area contributed by atoms with Crippen LogP contribution in [0.1, 0.15) is 44.4 Å². The molecule has 3 heterocycles. The van der Waals surface area contributed by atoms with Gasteiger partial charge in [-0.05, 0) is 58.6 Å². The Labute approximate surface area is 138 Å². The predicted octanol–water partition coefficient (Wildman–Crippen LogP) is 3.08. The van der Waals surface area contributed by atoms with Gasteiger partial charge in [-0.3, -0.25) is 4.90 Å². The van der Waals surface area contributed by atoms with E-state index in [2.05, 4.69) is 18.7 Å². The summed E-state index contributed by atoms with van der Waals surface area (Å²) in [6, 6.07) is 5.17. The molecule has 22 heavy (non-hydrogen) atoms. The number of sulfonamides is 1. The Bertz CT molecular complexity index is 616. The topological polar surface area (TPSA) is 40.6 Å². The first-order valence-corrected chi connectivity index (χ1v) is 10.5. The summed E-state index contributed by atoms with van der Waals surface area (Å²) in [5.41, 5.74) is 0. The molecule has 4 nitrogen and oxygen atoms in total. The molecule has 3 rings (SSSR count). The van der Waals surface area contributed by atoms with Gasteiger partial charge in [-0.15, -0.1) is 11.3 Å². The van der Waals surface area contributed by atoms with E-state index in [1.54, 1.807) is 10.4 Å². The first kappa shape index (κ1) is 16.4. The average Bonchev–Trinajstić information content (AvgIpc) is 3.06. The van der Waals surface area contributed by atoms with Crippen LogP contribution in [0.3, 0.4) is 0 Å². The zero-order chi connectivity index (χ0) is 15.9. The smallest absolute Gasteiger partial charge is 0.252 e. The Hall–Kier alpha value is -0.430. The minimum Gasteiger partial charge on any atom is -0.294 e. The number of rotatable bonds is 3. The van der Waals surface area contributed by atoms with Gasteiger partial charge < -0.3 is 0 Å².